The molecule has 2 fully saturated rings. The highest BCUT2D eigenvalue weighted by molar-refractivity contribution is 4.97. The number of likely N-dealkylation sites (tertiary alicyclic amines) is 1. The van der Waals surface area contributed by atoms with Crippen LogP contribution in [0.5, 0.6) is 0 Å². The van der Waals surface area contributed by atoms with Crippen LogP contribution in [-0.2, 0) is 0 Å². The quantitative estimate of drug-likeness (QED) is 0.718. The predicted octanol–water partition coefficient (Wildman–Crippen LogP) is 4.30. The van der Waals surface area contributed by atoms with Crippen molar-refractivity contribution in [1.82, 2.24) is 10.2 Å². The summed E-state index contributed by atoms with van der Waals surface area (Å²) in [4.78, 5) is 2.73. The smallest absolute Gasteiger partial charge is 0.00103 e. The van der Waals surface area contributed by atoms with Gasteiger partial charge in [-0.05, 0) is 82.0 Å². The third-order valence-electron chi connectivity index (χ3n) is 6.10. The monoisotopic (exact) mass is 294 g/mol. The van der Waals surface area contributed by atoms with Crippen LogP contribution < -0.4 is 5.32 Å². The van der Waals surface area contributed by atoms with E-state index in [-0.39, 0.29) is 0 Å². The fraction of sp³-hybridized carbons (Fsp3) is 1.00. The molecule has 2 rings (SSSR count). The first kappa shape index (κ1) is 17.3. The van der Waals surface area contributed by atoms with E-state index in [0.717, 1.165) is 17.3 Å². The van der Waals surface area contributed by atoms with Gasteiger partial charge in [0.15, 0.2) is 0 Å². The predicted molar refractivity (Wildman–Crippen MR) is 92.7 cm³/mol. The lowest BCUT2D eigenvalue weighted by Crippen LogP contribution is -2.47. The zero-order valence-electron chi connectivity index (χ0n) is 15.0. The van der Waals surface area contributed by atoms with Gasteiger partial charge in [0.25, 0.3) is 0 Å². The van der Waals surface area contributed by atoms with Crippen molar-refractivity contribution in [2.24, 2.45) is 17.3 Å². The molecule has 1 atom stereocenters. The highest BCUT2D eigenvalue weighted by Gasteiger charge is 2.44. The average molecular weight is 295 g/mol. The highest BCUT2D eigenvalue weighted by Crippen LogP contribution is 2.53. The van der Waals surface area contributed by atoms with E-state index >= 15 is 0 Å². The Bertz CT molecular complexity index is 284. The second-order valence-corrected chi connectivity index (χ2v) is 8.32. The lowest BCUT2D eigenvalue weighted by atomic mass is 9.57. The summed E-state index contributed by atoms with van der Waals surface area (Å²) >= 11 is 0. The Morgan fingerprint density at radius 1 is 1.14 bits per heavy atom. The maximum atomic E-state index is 3.57. The van der Waals surface area contributed by atoms with Gasteiger partial charge in [0.05, 0.1) is 0 Å². The summed E-state index contributed by atoms with van der Waals surface area (Å²) in [6, 6.07) is 0.646. The van der Waals surface area contributed by atoms with E-state index in [9.17, 15) is 0 Å². The van der Waals surface area contributed by atoms with E-state index in [1.165, 1.54) is 71.1 Å². The molecule has 2 aliphatic rings. The molecular weight excluding hydrogens is 256 g/mol. The summed E-state index contributed by atoms with van der Waals surface area (Å²) in [5, 5.41) is 3.57. The summed E-state index contributed by atoms with van der Waals surface area (Å²) < 4.78 is 0. The minimum atomic E-state index is 0.646. The van der Waals surface area contributed by atoms with Crippen LogP contribution >= 0.6 is 0 Å². The minimum Gasteiger partial charge on any atom is -0.315 e. The summed E-state index contributed by atoms with van der Waals surface area (Å²) in [5.74, 6) is 1.92. The molecule has 0 aromatic rings. The Morgan fingerprint density at radius 3 is 2.38 bits per heavy atom. The van der Waals surface area contributed by atoms with Crippen molar-refractivity contribution >= 4 is 0 Å². The van der Waals surface area contributed by atoms with Crippen LogP contribution in [0.2, 0.25) is 0 Å². The molecule has 1 N–H and O–H groups in total. The van der Waals surface area contributed by atoms with Gasteiger partial charge in [-0.25, -0.2) is 0 Å². The van der Waals surface area contributed by atoms with Gasteiger partial charge in [0.2, 0.25) is 0 Å². The maximum Gasteiger partial charge on any atom is 0.00103 e. The van der Waals surface area contributed by atoms with Crippen molar-refractivity contribution in [2.45, 2.75) is 78.7 Å². The third kappa shape index (κ3) is 5.25. The molecule has 0 radical (unpaired) electrons. The zero-order chi connectivity index (χ0) is 15.3. The van der Waals surface area contributed by atoms with E-state index in [1.807, 2.05) is 0 Å². The molecule has 1 aliphatic carbocycles. The highest BCUT2D eigenvalue weighted by atomic mass is 15.1. The van der Waals surface area contributed by atoms with E-state index in [0.29, 0.717) is 6.04 Å². The second kappa shape index (κ2) is 7.97. The molecule has 1 saturated carbocycles. The zero-order valence-corrected chi connectivity index (χ0v) is 15.0. The lowest BCUT2D eigenvalue weighted by Gasteiger charge is -2.52. The second-order valence-electron chi connectivity index (χ2n) is 8.32. The molecule has 21 heavy (non-hydrogen) atoms. The van der Waals surface area contributed by atoms with Gasteiger partial charge in [0.1, 0.15) is 0 Å². The topological polar surface area (TPSA) is 15.3 Å². The standard InChI is InChI=1S/C19H38N2/c1-5-17(4)7-11-21-12-8-19(9-13-21)14-18(15-19)6-10-20-16(2)3/h16-18,20H,5-15H2,1-4H3. The van der Waals surface area contributed by atoms with Crippen LogP contribution in [0.3, 0.4) is 0 Å². The molecule has 1 unspecified atom stereocenters. The largest absolute Gasteiger partial charge is 0.315 e. The van der Waals surface area contributed by atoms with Crippen molar-refractivity contribution in [3.8, 4) is 0 Å². The van der Waals surface area contributed by atoms with E-state index < -0.39 is 0 Å². The van der Waals surface area contributed by atoms with E-state index in [1.54, 1.807) is 0 Å². The van der Waals surface area contributed by atoms with Crippen molar-refractivity contribution in [3.63, 3.8) is 0 Å². The molecule has 2 heteroatoms. The molecule has 0 bridgehead atoms. The van der Waals surface area contributed by atoms with Crippen molar-refractivity contribution in [2.75, 3.05) is 26.2 Å². The molecule has 1 saturated heterocycles. The Labute approximate surface area is 133 Å². The molecule has 0 aromatic carbocycles. The fourth-order valence-corrected chi connectivity index (χ4v) is 4.21. The SMILES string of the molecule is CCC(C)CCN1CCC2(CC1)CC(CCNC(C)C)C2. The summed E-state index contributed by atoms with van der Waals surface area (Å²) in [6.07, 6.45) is 10.1. The van der Waals surface area contributed by atoms with Crippen LogP contribution in [0.4, 0.5) is 0 Å². The van der Waals surface area contributed by atoms with Crippen molar-refractivity contribution in [1.29, 1.82) is 0 Å². The number of nitrogens with zero attached hydrogens (tertiary/aromatic N) is 1. The Kier molecular flexibility index (Phi) is 6.55. The summed E-state index contributed by atoms with van der Waals surface area (Å²) in [7, 11) is 0. The first-order valence-corrected chi connectivity index (χ1v) is 9.49. The molecule has 1 heterocycles. The van der Waals surface area contributed by atoms with E-state index in [4.69, 9.17) is 0 Å². The number of hydrogen-bond acceptors (Lipinski definition) is 2. The normalized spacial score (nSPS) is 24.4. The molecule has 1 aliphatic heterocycles. The van der Waals surface area contributed by atoms with Gasteiger partial charge in [0, 0.05) is 6.04 Å². The van der Waals surface area contributed by atoms with Gasteiger partial charge in [-0.2, -0.15) is 0 Å². The van der Waals surface area contributed by atoms with Gasteiger partial charge in [-0.15, -0.1) is 0 Å². The molecule has 1 spiro atoms. The van der Waals surface area contributed by atoms with Crippen LogP contribution in [0, 0.1) is 17.3 Å². The molecule has 2 nitrogen and oxygen atoms in total. The molecule has 0 aromatic heterocycles. The molecule has 124 valence electrons. The third-order valence-corrected chi connectivity index (χ3v) is 6.10. The fourth-order valence-electron chi connectivity index (χ4n) is 4.21. The number of piperidine rings is 1. The van der Waals surface area contributed by atoms with Gasteiger partial charge in [-0.1, -0.05) is 34.1 Å². The summed E-state index contributed by atoms with van der Waals surface area (Å²) in [6.45, 7) is 14.5. The number of nitrogens with one attached hydrogen (secondary N) is 1. The first-order chi connectivity index (χ1) is 10.0. The van der Waals surface area contributed by atoms with Gasteiger partial charge < -0.3 is 10.2 Å². The molecular formula is C19H38N2. The van der Waals surface area contributed by atoms with E-state index in [2.05, 4.69) is 37.9 Å². The first-order valence-electron chi connectivity index (χ1n) is 9.49. The van der Waals surface area contributed by atoms with Crippen LogP contribution in [0.15, 0.2) is 0 Å². The van der Waals surface area contributed by atoms with Crippen LogP contribution in [0.25, 0.3) is 0 Å². The van der Waals surface area contributed by atoms with Gasteiger partial charge in [-0.3, -0.25) is 0 Å². The Hall–Kier alpha value is -0.0800. The number of hydrogen-bond donors (Lipinski definition) is 1. The van der Waals surface area contributed by atoms with Crippen molar-refractivity contribution < 1.29 is 0 Å². The number of rotatable bonds is 8. The minimum absolute atomic E-state index is 0.646. The van der Waals surface area contributed by atoms with Crippen LogP contribution in [-0.4, -0.2) is 37.1 Å². The Balaban J connectivity index is 1.58. The average Bonchev–Trinajstić information content (AvgIpc) is 2.43. The lowest BCUT2D eigenvalue weighted by molar-refractivity contribution is -0.0168. The Morgan fingerprint density at radius 2 is 1.81 bits per heavy atom. The van der Waals surface area contributed by atoms with Gasteiger partial charge >= 0.3 is 0 Å². The van der Waals surface area contributed by atoms with Crippen molar-refractivity contribution in [3.05, 3.63) is 0 Å². The maximum absolute atomic E-state index is 3.57. The summed E-state index contributed by atoms with van der Waals surface area (Å²) in [5.41, 5.74) is 0.759. The molecule has 0 amide bonds. The van der Waals surface area contributed by atoms with Crippen LogP contribution in [0.1, 0.15) is 72.6 Å².